The van der Waals surface area contributed by atoms with Gasteiger partial charge in [-0.3, -0.25) is 9.69 Å². The van der Waals surface area contributed by atoms with Crippen LogP contribution in [0.1, 0.15) is 33.1 Å². The molecule has 3 saturated heterocycles. The highest BCUT2D eigenvalue weighted by molar-refractivity contribution is 8.00. The molecule has 3 aliphatic rings. The van der Waals surface area contributed by atoms with E-state index in [-0.39, 0.29) is 41.8 Å². The predicted octanol–water partition coefficient (Wildman–Crippen LogP) is 3.49. The lowest BCUT2D eigenvalue weighted by Crippen LogP contribution is -2.34. The molecule has 0 aliphatic carbocycles. The molecule has 0 spiro atoms. The lowest BCUT2D eigenvalue weighted by atomic mass is 10.1. The van der Waals surface area contributed by atoms with Crippen LogP contribution < -0.4 is 15.1 Å². The molecule has 9 heteroatoms. The summed E-state index contributed by atoms with van der Waals surface area (Å²) in [6.07, 6.45) is 0.834. The van der Waals surface area contributed by atoms with Gasteiger partial charge in [0, 0.05) is 30.3 Å². The number of amides is 2. The third-order valence-corrected chi connectivity index (χ3v) is 7.32. The maximum Gasteiger partial charge on any atom is 0.414 e. The fraction of sp³-hybridized carbons (Fsp3) is 0.600. The monoisotopic (exact) mass is 425 g/mol. The average molecular weight is 426 g/mol. The van der Waals surface area contributed by atoms with Crippen LogP contribution in [0.4, 0.5) is 25.0 Å². The topological polar surface area (TPSA) is 61.9 Å². The van der Waals surface area contributed by atoms with Gasteiger partial charge in [0.05, 0.1) is 24.2 Å². The van der Waals surface area contributed by atoms with Crippen molar-refractivity contribution in [3.63, 3.8) is 0 Å². The van der Waals surface area contributed by atoms with Crippen LogP contribution in [0.5, 0.6) is 0 Å². The van der Waals surface area contributed by atoms with E-state index in [9.17, 15) is 18.4 Å². The first-order valence-electron chi connectivity index (χ1n) is 10.0. The Hall–Kier alpha value is -2.03. The zero-order valence-electron chi connectivity index (χ0n) is 16.5. The molecule has 4 atom stereocenters. The number of ether oxygens (including phenoxy) is 1. The summed E-state index contributed by atoms with van der Waals surface area (Å²) in [7, 11) is 0. The number of carbonyl (C=O) groups excluding carboxylic acids is 2. The quantitative estimate of drug-likeness (QED) is 0.756. The van der Waals surface area contributed by atoms with E-state index >= 15 is 0 Å². The minimum absolute atomic E-state index is 0.00552. The molecule has 158 valence electrons. The molecule has 2 amide bonds. The Labute approximate surface area is 172 Å². The Kier molecular flexibility index (Phi) is 5.59. The molecule has 2 bridgehead atoms. The molecule has 3 fully saturated rings. The van der Waals surface area contributed by atoms with E-state index in [0.717, 1.165) is 18.6 Å². The van der Waals surface area contributed by atoms with Gasteiger partial charge in [0.15, 0.2) is 11.6 Å². The lowest BCUT2D eigenvalue weighted by Gasteiger charge is -2.26. The molecule has 4 rings (SSSR count). The Morgan fingerprint density at radius 2 is 2.07 bits per heavy atom. The van der Waals surface area contributed by atoms with Gasteiger partial charge in [0.1, 0.15) is 11.8 Å². The molecule has 3 heterocycles. The van der Waals surface area contributed by atoms with Crippen LogP contribution >= 0.6 is 11.8 Å². The van der Waals surface area contributed by atoms with E-state index in [4.69, 9.17) is 4.74 Å². The van der Waals surface area contributed by atoms with Gasteiger partial charge in [-0.2, -0.15) is 0 Å². The molecule has 0 aromatic heterocycles. The van der Waals surface area contributed by atoms with Crippen LogP contribution in [-0.4, -0.2) is 48.4 Å². The van der Waals surface area contributed by atoms with Crippen LogP contribution in [0.2, 0.25) is 0 Å². The van der Waals surface area contributed by atoms with E-state index in [1.165, 1.54) is 17.0 Å². The van der Waals surface area contributed by atoms with Crippen LogP contribution in [0.15, 0.2) is 12.1 Å². The van der Waals surface area contributed by atoms with Crippen molar-refractivity contribution >= 4 is 35.1 Å². The standard InChI is InChI=1S/C20H25F2N3O3S/c1-3-4-17(26)23-8-14-9-24(20(27)28-14)12-6-15(21)18(16(22)7-12)25-13-5-11(2)19(25)29-10-13/h6-7,11,13-14,19H,3-5,8-10H2,1-2H3,(H,23,26)/t11-,13?,14+,19?/m1/s1. The SMILES string of the molecule is CCCC(=O)NC[C@H]1CN(c2cc(F)c(N3C4CSC3[C@H](C)C4)c(F)c2)C(=O)O1. The molecule has 0 radical (unpaired) electrons. The van der Waals surface area contributed by atoms with Gasteiger partial charge in [-0.1, -0.05) is 13.8 Å². The van der Waals surface area contributed by atoms with Gasteiger partial charge in [0.2, 0.25) is 5.91 Å². The van der Waals surface area contributed by atoms with E-state index in [1.54, 1.807) is 11.8 Å². The molecular formula is C20H25F2N3O3S. The summed E-state index contributed by atoms with van der Waals surface area (Å²) < 4.78 is 35.1. The number of nitrogens with zero attached hydrogens (tertiary/aromatic N) is 2. The third kappa shape index (κ3) is 3.76. The fourth-order valence-electron chi connectivity index (χ4n) is 4.39. The fourth-order valence-corrected chi connectivity index (χ4v) is 5.98. The second-order valence-electron chi connectivity index (χ2n) is 7.93. The highest BCUT2D eigenvalue weighted by atomic mass is 32.2. The first kappa shape index (κ1) is 20.3. The van der Waals surface area contributed by atoms with Crippen LogP contribution in [0, 0.1) is 17.6 Å². The summed E-state index contributed by atoms with van der Waals surface area (Å²) in [6, 6.07) is 2.54. The summed E-state index contributed by atoms with van der Waals surface area (Å²) in [4.78, 5) is 26.9. The van der Waals surface area contributed by atoms with Crippen molar-refractivity contribution in [3.8, 4) is 0 Å². The number of thioether (sulfide) groups is 1. The third-order valence-electron chi connectivity index (χ3n) is 5.71. The second-order valence-corrected chi connectivity index (χ2v) is 9.08. The minimum atomic E-state index is -0.670. The van der Waals surface area contributed by atoms with Gasteiger partial charge >= 0.3 is 6.09 Å². The highest BCUT2D eigenvalue weighted by Gasteiger charge is 2.47. The van der Waals surface area contributed by atoms with Crippen LogP contribution in [0.25, 0.3) is 0 Å². The summed E-state index contributed by atoms with van der Waals surface area (Å²) in [5.41, 5.74) is 0.123. The zero-order chi connectivity index (χ0) is 20.7. The lowest BCUT2D eigenvalue weighted by molar-refractivity contribution is -0.121. The summed E-state index contributed by atoms with van der Waals surface area (Å²) in [5, 5.41) is 2.79. The molecule has 1 aromatic rings. The largest absolute Gasteiger partial charge is 0.442 e. The minimum Gasteiger partial charge on any atom is -0.442 e. The normalized spacial score (nSPS) is 28.2. The molecule has 29 heavy (non-hydrogen) atoms. The molecule has 6 nitrogen and oxygen atoms in total. The Bertz CT molecular complexity index is 801. The number of carbonyl (C=O) groups is 2. The van der Waals surface area contributed by atoms with Gasteiger partial charge in [-0.05, 0) is 18.8 Å². The van der Waals surface area contributed by atoms with Crippen molar-refractivity contribution in [2.24, 2.45) is 5.92 Å². The maximum atomic E-state index is 15.0. The second kappa shape index (κ2) is 8.01. The van der Waals surface area contributed by atoms with E-state index in [1.807, 2.05) is 11.8 Å². The van der Waals surface area contributed by atoms with Crippen molar-refractivity contribution in [1.82, 2.24) is 5.32 Å². The van der Waals surface area contributed by atoms with Crippen LogP contribution in [0.3, 0.4) is 0 Å². The van der Waals surface area contributed by atoms with E-state index < -0.39 is 23.8 Å². The number of hydrogen-bond donors (Lipinski definition) is 1. The first-order chi connectivity index (χ1) is 13.9. The maximum absolute atomic E-state index is 15.0. The van der Waals surface area contributed by atoms with Gasteiger partial charge in [-0.25, -0.2) is 13.6 Å². The van der Waals surface area contributed by atoms with Crippen molar-refractivity contribution in [2.75, 3.05) is 28.6 Å². The number of benzene rings is 1. The summed E-state index contributed by atoms with van der Waals surface area (Å²) >= 11 is 1.74. The molecule has 0 saturated carbocycles. The van der Waals surface area contributed by atoms with Gasteiger partial charge < -0.3 is 15.0 Å². The highest BCUT2D eigenvalue weighted by Crippen LogP contribution is 2.48. The Balaban J connectivity index is 1.48. The predicted molar refractivity (Wildman–Crippen MR) is 108 cm³/mol. The van der Waals surface area contributed by atoms with Crippen molar-refractivity contribution in [1.29, 1.82) is 0 Å². The van der Waals surface area contributed by atoms with Crippen molar-refractivity contribution in [3.05, 3.63) is 23.8 Å². The van der Waals surface area contributed by atoms with Gasteiger partial charge in [0.25, 0.3) is 0 Å². The number of nitrogens with one attached hydrogen (secondary N) is 1. The zero-order valence-corrected chi connectivity index (χ0v) is 17.3. The number of hydrogen-bond acceptors (Lipinski definition) is 5. The van der Waals surface area contributed by atoms with Crippen molar-refractivity contribution in [2.45, 2.75) is 50.6 Å². The van der Waals surface area contributed by atoms with E-state index in [2.05, 4.69) is 12.2 Å². The molecule has 3 aliphatic heterocycles. The summed E-state index contributed by atoms with van der Waals surface area (Å²) in [5.74, 6) is -0.192. The first-order valence-corrected chi connectivity index (χ1v) is 11.1. The number of anilines is 2. The number of cyclic esters (lactones) is 1. The van der Waals surface area contributed by atoms with Gasteiger partial charge in [-0.15, -0.1) is 11.8 Å². The number of rotatable bonds is 6. The Morgan fingerprint density at radius 1 is 1.34 bits per heavy atom. The molecule has 1 N–H and O–H groups in total. The van der Waals surface area contributed by atoms with Crippen LogP contribution in [-0.2, 0) is 9.53 Å². The molecule has 2 unspecified atom stereocenters. The summed E-state index contributed by atoms with van der Waals surface area (Å²) in [6.45, 7) is 4.31. The molecule has 1 aromatic carbocycles. The van der Waals surface area contributed by atoms with E-state index in [0.29, 0.717) is 12.3 Å². The smallest absolute Gasteiger partial charge is 0.414 e. The number of halogens is 2. The average Bonchev–Trinajstić information content (AvgIpc) is 3.32. The number of fused-ring (bicyclic) bond motifs is 2. The Morgan fingerprint density at radius 3 is 2.66 bits per heavy atom. The van der Waals surface area contributed by atoms with Crippen molar-refractivity contribution < 1.29 is 23.1 Å². The molecular weight excluding hydrogens is 400 g/mol.